The van der Waals surface area contributed by atoms with E-state index in [-0.39, 0.29) is 11.5 Å². The molecule has 2 aromatic rings. The Morgan fingerprint density at radius 3 is 2.46 bits per heavy atom. The van der Waals surface area contributed by atoms with Gasteiger partial charge in [-0.15, -0.1) is 0 Å². The third-order valence-electron chi connectivity index (χ3n) is 4.53. The maximum Gasteiger partial charge on any atom is 0.435 e. The third kappa shape index (κ3) is 4.34. The van der Waals surface area contributed by atoms with E-state index in [1.54, 1.807) is 45.0 Å². The summed E-state index contributed by atoms with van der Waals surface area (Å²) in [7, 11) is 1.87. The zero-order chi connectivity index (χ0) is 20.7. The molecular formula is C19H23BF3N3O2. The third-order valence-corrected chi connectivity index (χ3v) is 4.53. The van der Waals surface area contributed by atoms with Gasteiger partial charge in [-0.1, -0.05) is 29.7 Å². The fourth-order valence-electron chi connectivity index (χ4n) is 3.27. The van der Waals surface area contributed by atoms with E-state index in [2.05, 4.69) is 9.97 Å². The van der Waals surface area contributed by atoms with Crippen molar-refractivity contribution >= 4 is 19.4 Å². The normalized spacial score (nSPS) is 17.8. The number of likely N-dealkylation sites (tertiary alicyclic amines) is 1. The van der Waals surface area contributed by atoms with Crippen molar-refractivity contribution < 1.29 is 22.7 Å². The van der Waals surface area contributed by atoms with Crippen molar-refractivity contribution in [3.8, 4) is 11.3 Å². The van der Waals surface area contributed by atoms with Gasteiger partial charge >= 0.3 is 12.3 Å². The first-order valence-corrected chi connectivity index (χ1v) is 9.19. The number of nitrogens with zero attached hydrogens (tertiary/aromatic N) is 2. The summed E-state index contributed by atoms with van der Waals surface area (Å²) in [6.45, 7) is 5.67. The van der Waals surface area contributed by atoms with E-state index in [1.165, 1.54) is 4.90 Å². The molecule has 1 atom stereocenters. The number of alkyl halides is 3. The van der Waals surface area contributed by atoms with E-state index in [4.69, 9.17) is 4.74 Å². The Labute approximate surface area is 162 Å². The molecular weight excluding hydrogens is 370 g/mol. The molecule has 0 aliphatic carbocycles. The van der Waals surface area contributed by atoms with Gasteiger partial charge in [0.2, 0.25) is 0 Å². The Morgan fingerprint density at radius 1 is 1.25 bits per heavy atom. The highest BCUT2D eigenvalue weighted by molar-refractivity contribution is 6.32. The molecule has 28 heavy (non-hydrogen) atoms. The Kier molecular flexibility index (Phi) is 5.21. The van der Waals surface area contributed by atoms with Crippen LogP contribution in [0.4, 0.5) is 18.0 Å². The summed E-state index contributed by atoms with van der Waals surface area (Å²) in [5.41, 5.74) is -0.388. The fraction of sp³-hybridized carbons (Fsp3) is 0.474. The molecule has 0 radical (unpaired) electrons. The van der Waals surface area contributed by atoms with Gasteiger partial charge in [-0.2, -0.15) is 13.2 Å². The van der Waals surface area contributed by atoms with Gasteiger partial charge in [-0.3, -0.25) is 4.90 Å². The fourth-order valence-corrected chi connectivity index (χ4v) is 3.27. The second kappa shape index (κ2) is 7.18. The van der Waals surface area contributed by atoms with Crippen molar-refractivity contribution in [1.82, 2.24) is 14.9 Å². The van der Waals surface area contributed by atoms with Crippen molar-refractivity contribution in [2.24, 2.45) is 0 Å². The molecule has 0 unspecified atom stereocenters. The standard InChI is InChI=1S/C19H23BF3N3O2/c1-18(2,3)28-17(27)26-10-4-5-13(26)16-24-14(15(25-16)19(21,22)23)11-6-8-12(20)9-7-11/h6-9,13H,4-5,10,20H2,1-3H3,(H,24,25)/t13-/m0/s1. The lowest BCUT2D eigenvalue weighted by molar-refractivity contribution is -0.140. The van der Waals surface area contributed by atoms with Crippen molar-refractivity contribution in [3.05, 3.63) is 35.8 Å². The SMILES string of the molecule is Bc1ccc(-c2[nH]c([C@@H]3CCCN3C(=O)OC(C)(C)C)nc2C(F)(F)F)cc1. The molecule has 1 aliphatic heterocycles. The molecule has 0 bridgehead atoms. The molecule has 0 spiro atoms. The van der Waals surface area contributed by atoms with Gasteiger partial charge in [0.05, 0.1) is 11.7 Å². The highest BCUT2D eigenvalue weighted by Gasteiger charge is 2.41. The summed E-state index contributed by atoms with van der Waals surface area (Å²) in [6.07, 6.45) is -3.95. The summed E-state index contributed by atoms with van der Waals surface area (Å²) in [4.78, 5) is 20.6. The Morgan fingerprint density at radius 2 is 1.89 bits per heavy atom. The Balaban J connectivity index is 1.98. The summed E-state index contributed by atoms with van der Waals surface area (Å²) in [6, 6.07) is 6.18. The predicted octanol–water partition coefficient (Wildman–Crippen LogP) is 3.43. The van der Waals surface area contributed by atoms with Crippen LogP contribution in [0.1, 0.15) is 51.2 Å². The van der Waals surface area contributed by atoms with Crippen LogP contribution in [0, 0.1) is 0 Å². The molecule has 1 N–H and O–H groups in total. The molecule has 3 rings (SSSR count). The lowest BCUT2D eigenvalue weighted by Gasteiger charge is -2.27. The number of aromatic amines is 1. The summed E-state index contributed by atoms with van der Waals surface area (Å²) < 4.78 is 46.2. The lowest BCUT2D eigenvalue weighted by Crippen LogP contribution is -2.36. The minimum atomic E-state index is -4.61. The van der Waals surface area contributed by atoms with E-state index in [0.29, 0.717) is 24.9 Å². The molecule has 1 aromatic carbocycles. The van der Waals surface area contributed by atoms with E-state index >= 15 is 0 Å². The molecule has 0 saturated carbocycles. The summed E-state index contributed by atoms with van der Waals surface area (Å²) in [5, 5.41) is 0. The topological polar surface area (TPSA) is 58.2 Å². The largest absolute Gasteiger partial charge is 0.444 e. The van der Waals surface area contributed by atoms with Crippen LogP contribution in [0.2, 0.25) is 0 Å². The van der Waals surface area contributed by atoms with E-state index < -0.39 is 29.6 Å². The van der Waals surface area contributed by atoms with Crippen LogP contribution >= 0.6 is 0 Å². The number of carbonyl (C=O) groups is 1. The van der Waals surface area contributed by atoms with Gasteiger partial charge in [-0.25, -0.2) is 9.78 Å². The number of imidazole rings is 1. The van der Waals surface area contributed by atoms with Crippen molar-refractivity contribution in [2.75, 3.05) is 6.54 Å². The first kappa shape index (κ1) is 20.3. The average molecular weight is 393 g/mol. The van der Waals surface area contributed by atoms with Crippen LogP contribution in [-0.2, 0) is 10.9 Å². The zero-order valence-corrected chi connectivity index (χ0v) is 16.4. The molecule has 1 saturated heterocycles. The second-order valence-electron chi connectivity index (χ2n) is 8.04. The van der Waals surface area contributed by atoms with Crippen LogP contribution in [-0.4, -0.2) is 41.0 Å². The predicted molar refractivity (Wildman–Crippen MR) is 102 cm³/mol. The molecule has 2 heterocycles. The number of hydrogen-bond acceptors (Lipinski definition) is 3. The minimum Gasteiger partial charge on any atom is -0.444 e. The average Bonchev–Trinajstić information content (AvgIpc) is 3.20. The Hall–Kier alpha value is -2.45. The zero-order valence-electron chi connectivity index (χ0n) is 16.4. The molecule has 1 amide bonds. The number of carbonyl (C=O) groups excluding carboxylic acids is 1. The first-order valence-electron chi connectivity index (χ1n) is 9.19. The number of amides is 1. The maximum absolute atomic E-state index is 13.6. The van der Waals surface area contributed by atoms with Crippen LogP contribution in [0.25, 0.3) is 11.3 Å². The molecule has 5 nitrogen and oxygen atoms in total. The number of rotatable bonds is 2. The number of benzene rings is 1. The number of ether oxygens (including phenoxy) is 1. The van der Waals surface area contributed by atoms with Gasteiger partial charge in [0.1, 0.15) is 19.3 Å². The molecule has 1 aromatic heterocycles. The van der Waals surface area contributed by atoms with Gasteiger partial charge in [0.25, 0.3) is 0 Å². The maximum atomic E-state index is 13.6. The van der Waals surface area contributed by atoms with E-state index in [0.717, 1.165) is 5.46 Å². The van der Waals surface area contributed by atoms with Crippen LogP contribution in [0.3, 0.4) is 0 Å². The summed E-state index contributed by atoms with van der Waals surface area (Å²) in [5.74, 6) is 0.131. The van der Waals surface area contributed by atoms with Gasteiger partial charge in [0.15, 0.2) is 5.69 Å². The molecule has 1 aliphatic rings. The van der Waals surface area contributed by atoms with E-state index in [1.807, 2.05) is 7.85 Å². The highest BCUT2D eigenvalue weighted by Crippen LogP contribution is 2.39. The van der Waals surface area contributed by atoms with Gasteiger partial charge < -0.3 is 9.72 Å². The Bertz CT molecular complexity index is 857. The number of H-pyrrole nitrogens is 1. The van der Waals surface area contributed by atoms with Crippen molar-refractivity contribution in [2.45, 2.75) is 51.4 Å². The van der Waals surface area contributed by atoms with Crippen molar-refractivity contribution in [1.29, 1.82) is 0 Å². The van der Waals surface area contributed by atoms with Crippen molar-refractivity contribution in [3.63, 3.8) is 0 Å². The molecule has 9 heteroatoms. The molecule has 150 valence electrons. The lowest BCUT2D eigenvalue weighted by atomic mass is 9.94. The highest BCUT2D eigenvalue weighted by atomic mass is 19.4. The number of hydrogen-bond donors (Lipinski definition) is 1. The number of aromatic nitrogens is 2. The minimum absolute atomic E-state index is 0.0847. The summed E-state index contributed by atoms with van der Waals surface area (Å²) >= 11 is 0. The quantitative estimate of drug-likeness (QED) is 0.796. The van der Waals surface area contributed by atoms with Gasteiger partial charge in [-0.05, 0) is 33.6 Å². The van der Waals surface area contributed by atoms with Gasteiger partial charge in [0, 0.05) is 12.1 Å². The molecule has 1 fully saturated rings. The number of nitrogens with one attached hydrogen (secondary N) is 1. The van der Waals surface area contributed by atoms with Crippen LogP contribution in [0.5, 0.6) is 0 Å². The van der Waals surface area contributed by atoms with Crippen LogP contribution in [0.15, 0.2) is 24.3 Å². The smallest absolute Gasteiger partial charge is 0.435 e. The second-order valence-corrected chi connectivity index (χ2v) is 8.04. The number of halogens is 3. The van der Waals surface area contributed by atoms with Crippen LogP contribution < -0.4 is 5.46 Å². The first-order chi connectivity index (χ1) is 13.0. The van der Waals surface area contributed by atoms with E-state index in [9.17, 15) is 18.0 Å². The monoisotopic (exact) mass is 393 g/mol.